The number of rotatable bonds is 2. The molecule has 3 nitrogen and oxygen atoms in total. The fraction of sp³-hybridized carbons (Fsp3) is 1.00. The Morgan fingerprint density at radius 1 is 1.00 bits per heavy atom. The maximum atomic E-state index is 10.4. The molecular weight excluding hydrogens is 192 g/mol. The van der Waals surface area contributed by atoms with Gasteiger partial charge in [-0.15, -0.1) is 0 Å². The Balaban J connectivity index is 1.58. The lowest BCUT2D eigenvalue weighted by molar-refractivity contribution is -0.203. The third-order valence-corrected chi connectivity index (χ3v) is 4.12. The first-order valence-electron chi connectivity index (χ1n) is 6.20. The van der Waals surface area contributed by atoms with Crippen molar-refractivity contribution in [3.63, 3.8) is 0 Å². The van der Waals surface area contributed by atoms with Gasteiger partial charge in [0.05, 0.1) is 18.8 Å². The van der Waals surface area contributed by atoms with Gasteiger partial charge < -0.3 is 14.6 Å². The number of ether oxygens (including phenoxy) is 2. The van der Waals surface area contributed by atoms with Crippen molar-refractivity contribution >= 4 is 0 Å². The summed E-state index contributed by atoms with van der Waals surface area (Å²) >= 11 is 0. The van der Waals surface area contributed by atoms with E-state index >= 15 is 0 Å². The van der Waals surface area contributed by atoms with Crippen LogP contribution in [0, 0.1) is 5.92 Å². The summed E-state index contributed by atoms with van der Waals surface area (Å²) in [6.07, 6.45) is 7.09. The van der Waals surface area contributed by atoms with Gasteiger partial charge in [-0.3, -0.25) is 0 Å². The molecule has 3 fully saturated rings. The van der Waals surface area contributed by atoms with Gasteiger partial charge in [-0.1, -0.05) is 12.8 Å². The van der Waals surface area contributed by atoms with Crippen LogP contribution in [0.5, 0.6) is 0 Å². The van der Waals surface area contributed by atoms with Crippen LogP contribution in [-0.4, -0.2) is 29.7 Å². The molecule has 1 spiro atoms. The first kappa shape index (κ1) is 10.1. The normalized spacial score (nSPS) is 33.4. The predicted octanol–water partition coefficient (Wildman–Crippen LogP) is 1.83. The van der Waals surface area contributed by atoms with E-state index in [4.69, 9.17) is 9.47 Å². The van der Waals surface area contributed by atoms with Crippen LogP contribution >= 0.6 is 0 Å². The monoisotopic (exact) mass is 212 g/mol. The van der Waals surface area contributed by atoms with E-state index in [-0.39, 0.29) is 5.79 Å². The van der Waals surface area contributed by atoms with Crippen molar-refractivity contribution < 1.29 is 14.6 Å². The van der Waals surface area contributed by atoms with Gasteiger partial charge in [0.1, 0.15) is 0 Å². The second kappa shape index (κ2) is 3.44. The second-order valence-corrected chi connectivity index (χ2v) is 5.48. The molecule has 0 radical (unpaired) electrons. The summed E-state index contributed by atoms with van der Waals surface area (Å²) in [5, 5.41) is 10.4. The molecular formula is C12H20O3. The highest BCUT2D eigenvalue weighted by Crippen LogP contribution is 2.46. The zero-order valence-corrected chi connectivity index (χ0v) is 9.21. The van der Waals surface area contributed by atoms with E-state index in [1.54, 1.807) is 0 Å². The number of aliphatic hydroxyl groups is 1. The third-order valence-electron chi connectivity index (χ3n) is 4.12. The van der Waals surface area contributed by atoms with E-state index < -0.39 is 5.60 Å². The average molecular weight is 212 g/mol. The molecule has 1 N–H and O–H groups in total. The highest BCUT2D eigenvalue weighted by molar-refractivity contribution is 4.94. The van der Waals surface area contributed by atoms with Crippen molar-refractivity contribution in [1.29, 1.82) is 0 Å². The third kappa shape index (κ3) is 2.05. The van der Waals surface area contributed by atoms with Gasteiger partial charge in [-0.25, -0.2) is 0 Å². The predicted molar refractivity (Wildman–Crippen MR) is 55.4 cm³/mol. The molecule has 0 aromatic carbocycles. The standard InChI is InChI=1S/C12H20O3/c13-11(9-10-1-2-10)3-5-12(6-4-11)14-7-8-15-12/h10,13H,1-9H2. The minimum absolute atomic E-state index is 0.324. The van der Waals surface area contributed by atoms with Crippen molar-refractivity contribution in [3.05, 3.63) is 0 Å². The summed E-state index contributed by atoms with van der Waals surface area (Å²) in [4.78, 5) is 0. The molecule has 1 saturated heterocycles. The highest BCUT2D eigenvalue weighted by Gasteiger charge is 2.46. The van der Waals surface area contributed by atoms with Crippen LogP contribution in [0.2, 0.25) is 0 Å². The van der Waals surface area contributed by atoms with Gasteiger partial charge in [0.15, 0.2) is 5.79 Å². The van der Waals surface area contributed by atoms with Gasteiger partial charge >= 0.3 is 0 Å². The second-order valence-electron chi connectivity index (χ2n) is 5.48. The van der Waals surface area contributed by atoms with Gasteiger partial charge in [0, 0.05) is 12.8 Å². The van der Waals surface area contributed by atoms with E-state index in [0.717, 1.165) is 51.2 Å². The molecule has 2 saturated carbocycles. The smallest absolute Gasteiger partial charge is 0.168 e. The van der Waals surface area contributed by atoms with Gasteiger partial charge in [0.25, 0.3) is 0 Å². The Kier molecular flexibility index (Phi) is 2.31. The minimum Gasteiger partial charge on any atom is -0.390 e. The molecule has 0 aromatic heterocycles. The van der Waals surface area contributed by atoms with Crippen LogP contribution in [-0.2, 0) is 9.47 Å². The molecule has 1 aliphatic heterocycles. The molecule has 0 atom stereocenters. The first-order chi connectivity index (χ1) is 7.20. The van der Waals surface area contributed by atoms with Crippen LogP contribution in [0.25, 0.3) is 0 Å². The highest BCUT2D eigenvalue weighted by atomic mass is 16.7. The zero-order valence-electron chi connectivity index (χ0n) is 9.21. The molecule has 0 unspecified atom stereocenters. The fourth-order valence-electron chi connectivity index (χ4n) is 2.95. The van der Waals surface area contributed by atoms with E-state index in [1.807, 2.05) is 0 Å². The Morgan fingerprint density at radius 2 is 1.60 bits per heavy atom. The Labute approximate surface area is 90.8 Å². The molecule has 0 aromatic rings. The Hall–Kier alpha value is -0.120. The fourth-order valence-corrected chi connectivity index (χ4v) is 2.95. The lowest BCUT2D eigenvalue weighted by atomic mass is 9.78. The Morgan fingerprint density at radius 3 is 2.13 bits per heavy atom. The van der Waals surface area contributed by atoms with Crippen molar-refractivity contribution in [3.8, 4) is 0 Å². The van der Waals surface area contributed by atoms with Crippen LogP contribution in [0.15, 0.2) is 0 Å². The maximum Gasteiger partial charge on any atom is 0.168 e. The first-order valence-corrected chi connectivity index (χ1v) is 6.20. The van der Waals surface area contributed by atoms with Crippen molar-refractivity contribution in [2.45, 2.75) is 56.3 Å². The van der Waals surface area contributed by atoms with Gasteiger partial charge in [-0.05, 0) is 25.2 Å². The molecule has 3 rings (SSSR count). The van der Waals surface area contributed by atoms with E-state index in [9.17, 15) is 5.11 Å². The lowest BCUT2D eigenvalue weighted by Gasteiger charge is -2.40. The lowest BCUT2D eigenvalue weighted by Crippen LogP contribution is -2.43. The summed E-state index contributed by atoms with van der Waals surface area (Å²) in [6, 6.07) is 0. The zero-order chi connectivity index (χ0) is 10.4. The minimum atomic E-state index is -0.415. The van der Waals surface area contributed by atoms with E-state index in [2.05, 4.69) is 0 Å². The summed E-state index contributed by atoms with van der Waals surface area (Å²) in [6.45, 7) is 1.45. The summed E-state index contributed by atoms with van der Waals surface area (Å²) in [7, 11) is 0. The summed E-state index contributed by atoms with van der Waals surface area (Å²) < 4.78 is 11.3. The average Bonchev–Trinajstić information content (AvgIpc) is 2.91. The van der Waals surface area contributed by atoms with Crippen LogP contribution in [0.4, 0.5) is 0 Å². The van der Waals surface area contributed by atoms with Crippen LogP contribution < -0.4 is 0 Å². The van der Waals surface area contributed by atoms with Crippen LogP contribution in [0.3, 0.4) is 0 Å². The molecule has 0 amide bonds. The summed E-state index contributed by atoms with van der Waals surface area (Å²) in [5.74, 6) is 0.477. The van der Waals surface area contributed by atoms with Crippen LogP contribution in [0.1, 0.15) is 44.9 Å². The van der Waals surface area contributed by atoms with Gasteiger partial charge in [-0.2, -0.15) is 0 Å². The molecule has 3 heteroatoms. The van der Waals surface area contributed by atoms with Crippen molar-refractivity contribution in [1.82, 2.24) is 0 Å². The maximum absolute atomic E-state index is 10.4. The topological polar surface area (TPSA) is 38.7 Å². The molecule has 86 valence electrons. The Bertz CT molecular complexity index is 231. The largest absolute Gasteiger partial charge is 0.390 e. The number of hydrogen-bond acceptors (Lipinski definition) is 3. The van der Waals surface area contributed by atoms with Crippen molar-refractivity contribution in [2.24, 2.45) is 5.92 Å². The SMILES string of the molecule is OC1(CC2CC2)CCC2(CC1)OCCO2. The van der Waals surface area contributed by atoms with E-state index in [1.165, 1.54) is 12.8 Å². The van der Waals surface area contributed by atoms with E-state index in [0.29, 0.717) is 0 Å². The molecule has 0 bridgehead atoms. The molecule has 1 heterocycles. The molecule has 3 aliphatic rings. The quantitative estimate of drug-likeness (QED) is 0.759. The molecule has 2 aliphatic carbocycles. The van der Waals surface area contributed by atoms with Crippen molar-refractivity contribution in [2.75, 3.05) is 13.2 Å². The molecule has 15 heavy (non-hydrogen) atoms. The summed E-state index contributed by atoms with van der Waals surface area (Å²) in [5.41, 5.74) is -0.415. The number of hydrogen-bond donors (Lipinski definition) is 1. The van der Waals surface area contributed by atoms with Gasteiger partial charge in [0.2, 0.25) is 0 Å².